The Hall–Kier alpha value is -1.95. The molecule has 2 aliphatic carbocycles. The van der Waals surface area contributed by atoms with Crippen molar-refractivity contribution >= 4 is 17.0 Å². The lowest BCUT2D eigenvalue weighted by atomic mass is 9.89. The minimum Gasteiger partial charge on any atom is -0.349 e. The molecule has 146 valence electrons. The molecule has 2 saturated carbocycles. The third-order valence-electron chi connectivity index (χ3n) is 5.58. The Morgan fingerprint density at radius 1 is 1.22 bits per heavy atom. The van der Waals surface area contributed by atoms with Crippen LogP contribution in [0.3, 0.4) is 0 Å². The summed E-state index contributed by atoms with van der Waals surface area (Å²) in [6.07, 6.45) is 6.80. The van der Waals surface area contributed by atoms with Gasteiger partial charge in [0, 0.05) is 23.7 Å². The van der Waals surface area contributed by atoms with E-state index < -0.39 is 0 Å². The molecule has 2 aliphatic rings. The summed E-state index contributed by atoms with van der Waals surface area (Å²) in [5.74, 6) is 0.410. The first-order valence-corrected chi connectivity index (χ1v) is 10.2. The number of rotatable bonds is 4. The molecule has 2 aromatic rings. The number of fused-ring (bicyclic) bond motifs is 1. The van der Waals surface area contributed by atoms with E-state index in [0.717, 1.165) is 61.7 Å². The maximum absolute atomic E-state index is 13.2. The minimum atomic E-state index is -0.0388. The number of nitrogens with one attached hydrogen (secondary N) is 1. The Morgan fingerprint density at radius 3 is 2.56 bits per heavy atom. The van der Waals surface area contributed by atoms with Gasteiger partial charge in [0.05, 0.1) is 16.6 Å². The Labute approximate surface area is 160 Å². The van der Waals surface area contributed by atoms with Crippen molar-refractivity contribution in [3.05, 3.63) is 23.0 Å². The molecule has 0 radical (unpaired) electrons. The van der Waals surface area contributed by atoms with Crippen LogP contribution in [0.1, 0.15) is 87.0 Å². The molecular weight excluding hydrogens is 340 g/mol. The lowest BCUT2D eigenvalue weighted by Crippen LogP contribution is -2.40. The number of pyridine rings is 1. The summed E-state index contributed by atoms with van der Waals surface area (Å²) in [6.45, 7) is 6.47. The quantitative estimate of drug-likeness (QED) is 0.856. The largest absolute Gasteiger partial charge is 0.349 e. The zero-order chi connectivity index (χ0) is 19.2. The normalized spacial score (nSPS) is 23.6. The predicted octanol–water partition coefficient (Wildman–Crippen LogP) is 3.69. The zero-order valence-electron chi connectivity index (χ0n) is 16.5. The number of carbonyl (C=O) groups is 1. The van der Waals surface area contributed by atoms with Crippen molar-refractivity contribution in [1.82, 2.24) is 15.5 Å². The summed E-state index contributed by atoms with van der Waals surface area (Å²) in [6, 6.07) is 2.42. The first-order chi connectivity index (χ1) is 12.8. The van der Waals surface area contributed by atoms with Gasteiger partial charge in [0.15, 0.2) is 0 Å². The number of amides is 1. The van der Waals surface area contributed by atoms with Crippen molar-refractivity contribution in [3.63, 3.8) is 0 Å². The monoisotopic (exact) mass is 370 g/mol. The first-order valence-electron chi connectivity index (χ1n) is 10.2. The van der Waals surface area contributed by atoms with Gasteiger partial charge in [-0.1, -0.05) is 25.9 Å². The average Bonchev–Trinajstić information content (AvgIpc) is 3.38. The Bertz CT molecular complexity index is 840. The minimum absolute atomic E-state index is 0.0388. The molecule has 0 atom stereocenters. The molecule has 27 heavy (non-hydrogen) atoms. The summed E-state index contributed by atoms with van der Waals surface area (Å²) in [4.78, 5) is 17.8. The molecule has 0 bridgehead atoms. The van der Waals surface area contributed by atoms with Crippen LogP contribution in [0, 0.1) is 5.41 Å². The smallest absolute Gasteiger partial charge is 0.259 e. The molecule has 0 unspecified atom stereocenters. The van der Waals surface area contributed by atoms with Crippen LogP contribution in [-0.2, 0) is 6.42 Å². The summed E-state index contributed by atoms with van der Waals surface area (Å²) in [5, 5.41) is 8.27. The summed E-state index contributed by atoms with van der Waals surface area (Å²) < 4.78 is 5.55. The van der Waals surface area contributed by atoms with Crippen molar-refractivity contribution < 1.29 is 9.32 Å². The van der Waals surface area contributed by atoms with Crippen LogP contribution in [0.25, 0.3) is 11.1 Å². The van der Waals surface area contributed by atoms with Crippen LogP contribution >= 0.6 is 0 Å². The topological polar surface area (TPSA) is 94.0 Å². The van der Waals surface area contributed by atoms with Gasteiger partial charge in [-0.3, -0.25) is 4.79 Å². The van der Waals surface area contributed by atoms with E-state index in [1.807, 2.05) is 6.07 Å². The Balaban J connectivity index is 1.67. The van der Waals surface area contributed by atoms with Crippen molar-refractivity contribution in [2.45, 2.75) is 83.7 Å². The fraction of sp³-hybridized carbons (Fsp3) is 0.667. The molecule has 0 saturated heterocycles. The molecule has 0 aromatic carbocycles. The first kappa shape index (κ1) is 18.4. The van der Waals surface area contributed by atoms with Gasteiger partial charge >= 0.3 is 0 Å². The van der Waals surface area contributed by atoms with Crippen LogP contribution in [0.4, 0.5) is 0 Å². The second-order valence-electron chi connectivity index (χ2n) is 9.50. The van der Waals surface area contributed by atoms with Crippen LogP contribution in [0.15, 0.2) is 10.6 Å². The van der Waals surface area contributed by atoms with Gasteiger partial charge in [-0.25, -0.2) is 4.98 Å². The van der Waals surface area contributed by atoms with E-state index >= 15 is 0 Å². The van der Waals surface area contributed by atoms with Crippen molar-refractivity contribution in [1.29, 1.82) is 0 Å². The molecule has 3 N–H and O–H groups in total. The molecule has 2 heterocycles. The second kappa shape index (κ2) is 6.89. The summed E-state index contributed by atoms with van der Waals surface area (Å²) in [5.41, 5.74) is 8.98. The summed E-state index contributed by atoms with van der Waals surface area (Å²) in [7, 11) is 0. The van der Waals surface area contributed by atoms with E-state index in [2.05, 4.69) is 36.2 Å². The molecule has 6 heteroatoms. The molecule has 0 aliphatic heterocycles. The zero-order valence-corrected chi connectivity index (χ0v) is 16.5. The molecule has 2 aromatic heterocycles. The predicted molar refractivity (Wildman–Crippen MR) is 105 cm³/mol. The highest BCUT2D eigenvalue weighted by atomic mass is 16.5. The van der Waals surface area contributed by atoms with E-state index in [9.17, 15) is 4.79 Å². The van der Waals surface area contributed by atoms with E-state index in [-0.39, 0.29) is 23.4 Å². The van der Waals surface area contributed by atoms with Gasteiger partial charge in [-0.05, 0) is 56.4 Å². The highest BCUT2D eigenvalue weighted by Crippen LogP contribution is 2.41. The highest BCUT2D eigenvalue weighted by molar-refractivity contribution is 6.06. The van der Waals surface area contributed by atoms with Crippen LogP contribution in [0.5, 0.6) is 0 Å². The molecule has 6 nitrogen and oxygen atoms in total. The molecule has 1 amide bonds. The van der Waals surface area contributed by atoms with Crippen molar-refractivity contribution in [2.24, 2.45) is 11.1 Å². The third-order valence-corrected chi connectivity index (χ3v) is 5.58. The molecule has 0 spiro atoms. The Morgan fingerprint density at radius 2 is 1.93 bits per heavy atom. The van der Waals surface area contributed by atoms with Gasteiger partial charge in [-0.2, -0.15) is 0 Å². The fourth-order valence-electron chi connectivity index (χ4n) is 3.95. The van der Waals surface area contributed by atoms with Gasteiger partial charge in [0.2, 0.25) is 0 Å². The number of hydrogen-bond donors (Lipinski definition) is 2. The van der Waals surface area contributed by atoms with E-state index in [1.165, 1.54) is 0 Å². The maximum atomic E-state index is 13.2. The van der Waals surface area contributed by atoms with Crippen LogP contribution in [-0.4, -0.2) is 28.1 Å². The highest BCUT2D eigenvalue weighted by Gasteiger charge is 2.30. The molecular formula is C21H30N4O2. The van der Waals surface area contributed by atoms with Crippen LogP contribution in [0.2, 0.25) is 0 Å². The Kier molecular flexibility index (Phi) is 4.70. The molecule has 2 fully saturated rings. The molecule has 4 rings (SSSR count). The van der Waals surface area contributed by atoms with Crippen molar-refractivity contribution in [3.8, 4) is 0 Å². The van der Waals surface area contributed by atoms with Crippen molar-refractivity contribution in [2.75, 3.05) is 0 Å². The number of carbonyl (C=O) groups excluding carboxylic acids is 1. The van der Waals surface area contributed by atoms with Gasteiger partial charge in [-0.15, -0.1) is 0 Å². The van der Waals surface area contributed by atoms with E-state index in [0.29, 0.717) is 17.2 Å². The third kappa shape index (κ3) is 4.15. The fourth-order valence-corrected chi connectivity index (χ4v) is 3.95. The van der Waals surface area contributed by atoms with Gasteiger partial charge < -0.3 is 15.6 Å². The van der Waals surface area contributed by atoms with Gasteiger partial charge in [0.25, 0.3) is 11.6 Å². The SMILES string of the molecule is CC(C)(C)Cc1noc2nc(C3CC3)cc(C(=O)NC3CCC(N)CC3)c12. The van der Waals surface area contributed by atoms with Gasteiger partial charge in [0.1, 0.15) is 0 Å². The number of nitrogens with two attached hydrogens (primary N) is 1. The standard InChI is InChI=1S/C21H30N4O2/c1-21(2,3)11-17-18-15(19(26)23-14-8-6-13(22)7-9-14)10-16(12-4-5-12)24-20(18)27-25-17/h10,12-14H,4-9,11,22H2,1-3H3,(H,23,26). The number of hydrogen-bond acceptors (Lipinski definition) is 5. The van der Waals surface area contributed by atoms with E-state index in [4.69, 9.17) is 10.3 Å². The average molecular weight is 370 g/mol. The summed E-state index contributed by atoms with van der Waals surface area (Å²) >= 11 is 0. The van der Waals surface area contributed by atoms with E-state index in [1.54, 1.807) is 0 Å². The lowest BCUT2D eigenvalue weighted by Gasteiger charge is -2.27. The second-order valence-corrected chi connectivity index (χ2v) is 9.50. The van der Waals surface area contributed by atoms with Crippen LogP contribution < -0.4 is 11.1 Å². The lowest BCUT2D eigenvalue weighted by molar-refractivity contribution is 0.0927. The maximum Gasteiger partial charge on any atom is 0.259 e. The number of nitrogens with zero attached hydrogens (tertiary/aromatic N) is 2. The number of aromatic nitrogens is 2.